The minimum Gasteiger partial charge on any atom is -0.412 e. The number of para-hydroxylation sites is 2. The van der Waals surface area contributed by atoms with E-state index in [1.807, 2.05) is 0 Å². The summed E-state index contributed by atoms with van der Waals surface area (Å²) in [4.78, 5) is 0. The lowest BCUT2D eigenvalue weighted by molar-refractivity contribution is -0.0574. The number of hydrogen-bond acceptors (Lipinski definition) is 4. The van der Waals surface area contributed by atoms with Crippen molar-refractivity contribution in [2.45, 2.75) is 6.18 Å². The molecular formula is C14H11F3NO3P. The van der Waals surface area contributed by atoms with Crippen molar-refractivity contribution in [1.29, 1.82) is 5.41 Å². The third kappa shape index (κ3) is 3.89. The zero-order valence-electron chi connectivity index (χ0n) is 11.1. The van der Waals surface area contributed by atoms with Crippen LogP contribution in [-0.4, -0.2) is 11.6 Å². The molecule has 0 saturated carbocycles. The predicted molar refractivity (Wildman–Crippen MR) is 75.5 cm³/mol. The maximum Gasteiger partial charge on any atom is 0.485 e. The highest BCUT2D eigenvalue weighted by atomic mass is 31.2. The first-order valence-corrected chi connectivity index (χ1v) is 7.61. The molecule has 0 aliphatic rings. The first kappa shape index (κ1) is 16.1. The summed E-state index contributed by atoms with van der Waals surface area (Å²) < 4.78 is 60.7. The van der Waals surface area contributed by atoms with Crippen molar-refractivity contribution >= 4 is 13.0 Å². The molecule has 0 aliphatic carbocycles. The predicted octanol–water partition coefficient (Wildman–Crippen LogP) is 4.88. The van der Waals surface area contributed by atoms with E-state index in [9.17, 15) is 17.7 Å². The van der Waals surface area contributed by atoms with Gasteiger partial charge in [-0.05, 0) is 24.3 Å². The van der Waals surface area contributed by atoms with E-state index in [0.29, 0.717) is 0 Å². The molecule has 0 heterocycles. The minimum atomic E-state index is -5.13. The molecule has 8 heteroatoms. The molecule has 1 N–H and O–H groups in total. The second-order valence-corrected chi connectivity index (χ2v) is 5.96. The topological polar surface area (TPSA) is 59.4 Å². The van der Waals surface area contributed by atoms with Gasteiger partial charge in [-0.2, -0.15) is 13.2 Å². The average Bonchev–Trinajstić information content (AvgIpc) is 2.47. The van der Waals surface area contributed by atoms with Gasteiger partial charge >= 0.3 is 13.8 Å². The third-order valence-corrected chi connectivity index (χ3v) is 4.18. The molecule has 0 saturated heterocycles. The van der Waals surface area contributed by atoms with Crippen molar-refractivity contribution in [3.8, 4) is 11.5 Å². The zero-order chi connectivity index (χ0) is 16.2. The summed E-state index contributed by atoms with van der Waals surface area (Å²) >= 11 is 0. The molecule has 2 rings (SSSR count). The Morgan fingerprint density at radius 1 is 0.864 bits per heavy atom. The smallest absolute Gasteiger partial charge is 0.412 e. The number of hydrogen-bond donors (Lipinski definition) is 1. The fraction of sp³-hybridized carbons (Fsp3) is 0.0714. The molecule has 0 atom stereocenters. The number of rotatable bonds is 5. The van der Waals surface area contributed by atoms with Crippen LogP contribution in [0.2, 0.25) is 0 Å². The molecule has 0 aliphatic heterocycles. The Morgan fingerprint density at radius 2 is 1.23 bits per heavy atom. The van der Waals surface area contributed by atoms with E-state index in [2.05, 4.69) is 0 Å². The van der Waals surface area contributed by atoms with E-state index in [0.717, 1.165) is 0 Å². The molecule has 2 aromatic carbocycles. The average molecular weight is 329 g/mol. The normalized spacial score (nSPS) is 11.8. The van der Waals surface area contributed by atoms with Gasteiger partial charge in [-0.25, -0.2) is 4.57 Å². The fourth-order valence-corrected chi connectivity index (χ4v) is 2.83. The Morgan fingerprint density at radius 3 is 1.55 bits per heavy atom. The monoisotopic (exact) mass is 329 g/mol. The summed E-state index contributed by atoms with van der Waals surface area (Å²) in [5, 5.41) is 7.15. The second kappa shape index (κ2) is 6.23. The van der Waals surface area contributed by atoms with Gasteiger partial charge in [0.05, 0.1) is 0 Å². The lowest BCUT2D eigenvalue weighted by Gasteiger charge is -2.21. The number of alkyl halides is 3. The van der Waals surface area contributed by atoms with Crippen LogP contribution < -0.4 is 9.05 Å². The van der Waals surface area contributed by atoms with Crippen LogP contribution in [0.1, 0.15) is 0 Å². The highest BCUT2D eigenvalue weighted by molar-refractivity contribution is 7.73. The Kier molecular flexibility index (Phi) is 4.56. The first-order valence-electron chi connectivity index (χ1n) is 6.07. The van der Waals surface area contributed by atoms with Crippen molar-refractivity contribution in [2.24, 2.45) is 0 Å². The lowest BCUT2D eigenvalue weighted by Crippen LogP contribution is -2.26. The van der Waals surface area contributed by atoms with E-state index < -0.39 is 19.2 Å². The Bertz CT molecular complexity index is 644. The summed E-state index contributed by atoms with van der Waals surface area (Å²) in [7, 11) is -4.92. The first-order chi connectivity index (χ1) is 10.3. The molecule has 0 spiro atoms. The zero-order valence-corrected chi connectivity index (χ0v) is 12.0. The molecule has 4 nitrogen and oxygen atoms in total. The quantitative estimate of drug-likeness (QED) is 0.628. The van der Waals surface area contributed by atoms with Crippen molar-refractivity contribution in [3.63, 3.8) is 0 Å². The molecule has 0 aromatic heterocycles. The number of benzene rings is 2. The van der Waals surface area contributed by atoms with Crippen LogP contribution >= 0.6 is 7.60 Å². The van der Waals surface area contributed by atoms with E-state index in [-0.39, 0.29) is 11.5 Å². The van der Waals surface area contributed by atoms with Gasteiger partial charge in [-0.15, -0.1) is 0 Å². The van der Waals surface area contributed by atoms with Crippen LogP contribution in [0, 0.1) is 5.41 Å². The molecule has 0 bridgehead atoms. The SMILES string of the molecule is N=C(C(F)(F)F)P(=O)(Oc1ccccc1)Oc1ccccc1. The van der Waals surface area contributed by atoms with Gasteiger partial charge in [0, 0.05) is 0 Å². The standard InChI is InChI=1S/C14H11F3NO3P/c15-14(16,17)13(18)22(19,20-11-7-3-1-4-8-11)21-12-9-5-2-6-10-12/h1-10,18H. The second-order valence-electron chi connectivity index (χ2n) is 4.15. The van der Waals surface area contributed by atoms with Crippen molar-refractivity contribution < 1.29 is 26.8 Å². The fourth-order valence-electron chi connectivity index (χ4n) is 1.51. The van der Waals surface area contributed by atoms with Crippen molar-refractivity contribution in [1.82, 2.24) is 0 Å². The van der Waals surface area contributed by atoms with Crippen LogP contribution in [0.3, 0.4) is 0 Å². The molecule has 116 valence electrons. The van der Waals surface area contributed by atoms with Crippen molar-refractivity contribution in [3.05, 3.63) is 60.7 Å². The third-order valence-electron chi connectivity index (χ3n) is 2.48. The Hall–Kier alpha value is -2.27. The van der Waals surface area contributed by atoms with Crippen molar-refractivity contribution in [2.75, 3.05) is 0 Å². The number of nitrogens with one attached hydrogen (secondary N) is 1. The molecule has 0 radical (unpaired) electrons. The van der Waals surface area contributed by atoms with E-state index in [4.69, 9.17) is 14.5 Å². The van der Waals surface area contributed by atoms with E-state index in [1.54, 1.807) is 12.1 Å². The molecule has 22 heavy (non-hydrogen) atoms. The van der Waals surface area contributed by atoms with Gasteiger partial charge in [-0.1, -0.05) is 36.4 Å². The van der Waals surface area contributed by atoms with Gasteiger partial charge in [0.25, 0.3) is 5.45 Å². The molecule has 2 aromatic rings. The maximum atomic E-state index is 12.8. The van der Waals surface area contributed by atoms with Gasteiger partial charge in [0.2, 0.25) is 0 Å². The summed E-state index contributed by atoms with van der Waals surface area (Å²) in [6.07, 6.45) is -5.13. The molecule has 0 fully saturated rings. The largest absolute Gasteiger partial charge is 0.485 e. The van der Waals surface area contributed by atoms with E-state index >= 15 is 0 Å². The summed E-state index contributed by atoms with van der Waals surface area (Å²) in [6, 6.07) is 14.5. The lowest BCUT2D eigenvalue weighted by atomic mass is 10.3. The molecular weight excluding hydrogens is 318 g/mol. The summed E-state index contributed by atoms with van der Waals surface area (Å²) in [5.74, 6) is -0.175. The van der Waals surface area contributed by atoms with Gasteiger partial charge in [0.15, 0.2) is 0 Å². The minimum absolute atomic E-state index is 0.0873. The Balaban J connectivity index is 2.36. The van der Waals surface area contributed by atoms with Crippen LogP contribution in [0.25, 0.3) is 0 Å². The van der Waals surface area contributed by atoms with E-state index in [1.165, 1.54) is 48.5 Å². The highest BCUT2D eigenvalue weighted by Gasteiger charge is 2.51. The van der Waals surface area contributed by atoms with Crippen LogP contribution in [-0.2, 0) is 4.57 Å². The van der Waals surface area contributed by atoms with Crippen LogP contribution in [0.5, 0.6) is 11.5 Å². The maximum absolute atomic E-state index is 12.8. The van der Waals surface area contributed by atoms with Gasteiger partial charge in [0.1, 0.15) is 11.5 Å². The molecule has 0 amide bonds. The van der Waals surface area contributed by atoms with Crippen LogP contribution in [0.4, 0.5) is 13.2 Å². The molecule has 0 unspecified atom stereocenters. The Labute approximate surface area is 124 Å². The van der Waals surface area contributed by atoms with Gasteiger partial charge in [-0.3, -0.25) is 5.41 Å². The summed E-state index contributed by atoms with van der Waals surface area (Å²) in [6.45, 7) is 0. The highest BCUT2D eigenvalue weighted by Crippen LogP contribution is 2.53. The van der Waals surface area contributed by atoms with Crippen LogP contribution in [0.15, 0.2) is 60.7 Å². The number of halogens is 3. The van der Waals surface area contributed by atoms with Gasteiger partial charge < -0.3 is 9.05 Å². The summed E-state index contributed by atoms with van der Waals surface area (Å²) in [5.41, 5.74) is -2.06.